The first-order valence-corrected chi connectivity index (χ1v) is 7.49. The lowest BCUT2D eigenvalue weighted by Gasteiger charge is -2.31. The summed E-state index contributed by atoms with van der Waals surface area (Å²) in [6, 6.07) is 4.85. The number of halogens is 1. The van der Waals surface area contributed by atoms with Crippen molar-refractivity contribution >= 4 is 33.2 Å². The molecule has 0 heterocycles. The fraction of sp³-hybridized carbons (Fsp3) is 0.353. The summed E-state index contributed by atoms with van der Waals surface area (Å²) in [5.41, 5.74) is 1.42. The second-order valence-electron chi connectivity index (χ2n) is 6.08. The molecule has 0 bridgehead atoms. The molecule has 1 aromatic carbocycles. The van der Waals surface area contributed by atoms with Gasteiger partial charge in [-0.2, -0.15) is 0 Å². The molecule has 1 atom stereocenters. The summed E-state index contributed by atoms with van der Waals surface area (Å²) in [5.74, 6) is -0.891. The molecule has 0 spiro atoms. The van der Waals surface area contributed by atoms with Crippen LogP contribution in [0.3, 0.4) is 0 Å². The number of allylic oxidation sites excluding steroid dienone is 2. The van der Waals surface area contributed by atoms with E-state index < -0.39 is 5.92 Å². The maximum absolute atomic E-state index is 12.6. The molecule has 1 aromatic rings. The Morgan fingerprint density at radius 3 is 2.67 bits per heavy atom. The van der Waals surface area contributed by atoms with Crippen molar-refractivity contribution in [1.29, 1.82) is 0 Å². The quantitative estimate of drug-likeness (QED) is 0.441. The van der Waals surface area contributed by atoms with E-state index in [1.54, 1.807) is 25.1 Å². The number of carbonyl (C=O) groups excluding carboxylic acids is 2. The van der Waals surface area contributed by atoms with Crippen LogP contribution >= 0.6 is 15.9 Å². The van der Waals surface area contributed by atoms with Gasteiger partial charge >= 0.3 is 0 Å². The first-order valence-electron chi connectivity index (χ1n) is 6.70. The third-order valence-corrected chi connectivity index (χ3v) is 4.35. The zero-order valence-electron chi connectivity index (χ0n) is 12.2. The molecule has 21 heavy (non-hydrogen) atoms. The molecule has 0 aromatic heterocycles. The first-order chi connectivity index (χ1) is 9.75. The number of benzene rings is 1. The van der Waals surface area contributed by atoms with Crippen molar-refractivity contribution < 1.29 is 9.59 Å². The summed E-state index contributed by atoms with van der Waals surface area (Å²) in [5, 5.41) is 0. The van der Waals surface area contributed by atoms with Gasteiger partial charge in [0.2, 0.25) is 5.69 Å². The summed E-state index contributed by atoms with van der Waals surface area (Å²) in [6.45, 7) is 12.8. The van der Waals surface area contributed by atoms with Crippen LogP contribution in [0.4, 0.5) is 5.69 Å². The van der Waals surface area contributed by atoms with E-state index >= 15 is 0 Å². The van der Waals surface area contributed by atoms with Crippen molar-refractivity contribution in [3.8, 4) is 0 Å². The average Bonchev–Trinajstić information content (AvgIpc) is 2.41. The molecule has 0 radical (unpaired) electrons. The zero-order chi connectivity index (χ0) is 15.8. The molecule has 1 aliphatic rings. The topological polar surface area (TPSA) is 38.5 Å². The lowest BCUT2D eigenvalue weighted by molar-refractivity contribution is -0.119. The van der Waals surface area contributed by atoms with E-state index in [9.17, 15) is 9.59 Å². The van der Waals surface area contributed by atoms with Gasteiger partial charge in [0.1, 0.15) is 0 Å². The fourth-order valence-electron chi connectivity index (χ4n) is 2.77. The van der Waals surface area contributed by atoms with Crippen molar-refractivity contribution in [2.24, 2.45) is 11.3 Å². The minimum Gasteiger partial charge on any atom is -0.294 e. The summed E-state index contributed by atoms with van der Waals surface area (Å²) >= 11 is 3.29. The van der Waals surface area contributed by atoms with Gasteiger partial charge in [0.05, 0.1) is 12.5 Å². The van der Waals surface area contributed by atoms with Crippen LogP contribution in [0.25, 0.3) is 4.85 Å². The number of Topliss-reactive ketones (excluding diaryl/α,β-unsaturated/α-hetero) is 2. The number of nitrogens with zero attached hydrogens (tertiary/aromatic N) is 1. The Balaban J connectivity index is 2.37. The van der Waals surface area contributed by atoms with Gasteiger partial charge in [-0.25, -0.2) is 4.85 Å². The normalized spacial score (nSPS) is 20.6. The molecule has 0 fully saturated rings. The minimum absolute atomic E-state index is 0.0929. The molecule has 3 nitrogen and oxygen atoms in total. The lowest BCUT2D eigenvalue weighted by Crippen LogP contribution is -2.34. The highest BCUT2D eigenvalue weighted by Crippen LogP contribution is 2.37. The van der Waals surface area contributed by atoms with Crippen LogP contribution < -0.4 is 0 Å². The first kappa shape index (κ1) is 15.7. The molecular formula is C17H16BrNO2. The van der Waals surface area contributed by atoms with Gasteiger partial charge in [0.15, 0.2) is 11.6 Å². The fourth-order valence-corrected chi connectivity index (χ4v) is 3.24. The Labute approximate surface area is 133 Å². The Kier molecular flexibility index (Phi) is 4.15. The predicted octanol–water partition coefficient (Wildman–Crippen LogP) is 4.74. The maximum atomic E-state index is 12.6. The van der Waals surface area contributed by atoms with Crippen LogP contribution in [0.5, 0.6) is 0 Å². The van der Waals surface area contributed by atoms with Crippen LogP contribution in [-0.2, 0) is 4.79 Å². The third kappa shape index (κ3) is 3.14. The summed E-state index contributed by atoms with van der Waals surface area (Å²) in [6.07, 6.45) is 2.46. The minimum atomic E-state index is -0.629. The van der Waals surface area contributed by atoms with Crippen LogP contribution in [0.2, 0.25) is 0 Å². The van der Waals surface area contributed by atoms with Gasteiger partial charge < -0.3 is 0 Å². The van der Waals surface area contributed by atoms with E-state index in [0.717, 1.165) is 0 Å². The Morgan fingerprint density at radius 1 is 1.43 bits per heavy atom. The molecule has 0 aliphatic heterocycles. The molecule has 0 saturated carbocycles. The maximum Gasteiger partial charge on any atom is 0.201 e. The zero-order valence-corrected chi connectivity index (χ0v) is 13.8. The number of ketones is 2. The van der Waals surface area contributed by atoms with E-state index in [4.69, 9.17) is 6.57 Å². The average molecular weight is 346 g/mol. The second-order valence-corrected chi connectivity index (χ2v) is 6.93. The van der Waals surface area contributed by atoms with Gasteiger partial charge in [-0.15, -0.1) is 0 Å². The summed E-state index contributed by atoms with van der Waals surface area (Å²) < 4.78 is 0.582. The van der Waals surface area contributed by atoms with E-state index in [2.05, 4.69) is 20.8 Å². The van der Waals surface area contributed by atoms with Crippen LogP contribution in [0, 0.1) is 17.9 Å². The molecule has 0 amide bonds. The summed E-state index contributed by atoms with van der Waals surface area (Å²) in [7, 11) is 0. The van der Waals surface area contributed by atoms with Crippen molar-refractivity contribution in [1.82, 2.24) is 0 Å². The molecule has 108 valence electrons. The lowest BCUT2D eigenvalue weighted by atomic mass is 9.71. The third-order valence-electron chi connectivity index (χ3n) is 3.71. The molecule has 1 aliphatic carbocycles. The Hall–Kier alpha value is -1.73. The molecule has 0 N–H and O–H groups in total. The molecule has 0 saturated heterocycles. The smallest absolute Gasteiger partial charge is 0.201 e. The second kappa shape index (κ2) is 5.57. The van der Waals surface area contributed by atoms with Gasteiger partial charge in [-0.05, 0) is 30.4 Å². The van der Waals surface area contributed by atoms with E-state index in [-0.39, 0.29) is 17.0 Å². The van der Waals surface area contributed by atoms with Gasteiger partial charge in [0.25, 0.3) is 0 Å². The Morgan fingerprint density at radius 2 is 2.10 bits per heavy atom. The highest BCUT2D eigenvalue weighted by atomic mass is 79.9. The molecular weight excluding hydrogens is 330 g/mol. The number of hydrogen-bond donors (Lipinski definition) is 0. The van der Waals surface area contributed by atoms with Gasteiger partial charge in [-0.3, -0.25) is 9.59 Å². The standard InChI is InChI=1S/C17H16BrNO2/c1-10-8-17(2,3)9-12(15(10)20)16(21)11-5-6-14(19-4)13(18)7-11/h5-8,12H,9H2,1-3H3. The number of carbonyl (C=O) groups is 2. The van der Waals surface area contributed by atoms with Crippen molar-refractivity contribution in [2.75, 3.05) is 0 Å². The van der Waals surface area contributed by atoms with Crippen molar-refractivity contribution in [2.45, 2.75) is 27.2 Å². The Bertz CT molecular complexity index is 695. The predicted molar refractivity (Wildman–Crippen MR) is 85.4 cm³/mol. The monoisotopic (exact) mass is 345 g/mol. The van der Waals surface area contributed by atoms with Crippen molar-refractivity contribution in [3.05, 3.63) is 51.3 Å². The largest absolute Gasteiger partial charge is 0.294 e. The molecule has 2 rings (SSSR count). The van der Waals surface area contributed by atoms with Crippen LogP contribution in [0.1, 0.15) is 37.6 Å². The number of hydrogen-bond acceptors (Lipinski definition) is 2. The molecule has 4 heteroatoms. The highest BCUT2D eigenvalue weighted by molar-refractivity contribution is 9.10. The van der Waals surface area contributed by atoms with Gasteiger partial charge in [-0.1, -0.05) is 48.0 Å². The van der Waals surface area contributed by atoms with Crippen molar-refractivity contribution in [3.63, 3.8) is 0 Å². The molecule has 1 unspecified atom stereocenters. The highest BCUT2D eigenvalue weighted by Gasteiger charge is 2.37. The summed E-state index contributed by atoms with van der Waals surface area (Å²) in [4.78, 5) is 28.3. The van der Waals surface area contributed by atoms with Crippen LogP contribution in [-0.4, -0.2) is 11.6 Å². The van der Waals surface area contributed by atoms with E-state index in [1.165, 1.54) is 0 Å². The van der Waals surface area contributed by atoms with Crippen LogP contribution in [0.15, 0.2) is 34.3 Å². The number of rotatable bonds is 2. The van der Waals surface area contributed by atoms with E-state index in [0.29, 0.717) is 27.7 Å². The van der Waals surface area contributed by atoms with Gasteiger partial charge in [0, 0.05) is 10.0 Å². The van der Waals surface area contributed by atoms with E-state index in [1.807, 2.05) is 19.9 Å². The SMILES string of the molecule is [C-]#[N+]c1ccc(C(=O)C2CC(C)(C)C=C(C)C2=O)cc1Br.